The van der Waals surface area contributed by atoms with Gasteiger partial charge in [0.05, 0.1) is 25.4 Å². The minimum atomic E-state index is -1.76. The Balaban J connectivity index is 1.16. The van der Waals surface area contributed by atoms with Crippen LogP contribution >= 0.6 is 0 Å². The van der Waals surface area contributed by atoms with Crippen molar-refractivity contribution in [3.8, 4) is 0 Å². The van der Waals surface area contributed by atoms with Crippen molar-refractivity contribution < 1.29 is 69.7 Å². The lowest BCUT2D eigenvalue weighted by molar-refractivity contribution is -0.378. The van der Waals surface area contributed by atoms with Gasteiger partial charge in [0, 0.05) is 0 Å². The van der Waals surface area contributed by atoms with Crippen LogP contribution in [-0.2, 0) is 23.7 Å². The Morgan fingerprint density at radius 3 is 1.98 bits per heavy atom. The molecule has 0 amide bonds. The average Bonchev–Trinajstić information content (AvgIpc) is 3.12. The molecule has 2 heterocycles. The molecule has 2 saturated heterocycles. The topological polar surface area (TPSA) is 236 Å². The van der Waals surface area contributed by atoms with Crippen LogP contribution in [0.5, 0.6) is 0 Å². The van der Waals surface area contributed by atoms with Gasteiger partial charge in [0.15, 0.2) is 12.6 Å². The Morgan fingerprint density at radius 2 is 1.36 bits per heavy atom. The Morgan fingerprint density at radius 1 is 0.732 bits per heavy atom. The van der Waals surface area contributed by atoms with Gasteiger partial charge in [-0.15, -0.1) is 0 Å². The summed E-state index contributed by atoms with van der Waals surface area (Å²) in [4.78, 5) is 13.1. The number of carbonyl (C=O) groups is 1. The van der Waals surface area contributed by atoms with Crippen molar-refractivity contribution in [3.05, 3.63) is 11.6 Å². The molecule has 9 N–H and O–H groups in total. The minimum Gasteiger partial charge on any atom is -0.481 e. The third kappa shape index (κ3) is 6.13. The standard InChI is InChI=1S/C42H68O14/c1-37(2)14-15-42(36(51)52)21(16-37)20-8-9-25-39(5)12-11-27(38(3,4)24(39)10-13-40(25,6)41(20,7)17-26(42)45)55-35-33(31(49)29(47)23(19-44)54-35)56-34-32(50)30(48)28(46)22(18-43)53-34/h8,21-35,43-50H,9-19H2,1-7H3,(H,51,52). The summed E-state index contributed by atoms with van der Waals surface area (Å²) in [7, 11) is 0. The summed E-state index contributed by atoms with van der Waals surface area (Å²) in [5, 5.41) is 96.1. The van der Waals surface area contributed by atoms with Gasteiger partial charge < -0.3 is 64.9 Å². The van der Waals surface area contributed by atoms with Crippen LogP contribution in [0.4, 0.5) is 0 Å². The van der Waals surface area contributed by atoms with Crippen LogP contribution in [0.25, 0.3) is 0 Å². The highest BCUT2D eigenvalue weighted by Crippen LogP contribution is 2.76. The van der Waals surface area contributed by atoms with E-state index in [-0.39, 0.29) is 39.4 Å². The summed E-state index contributed by atoms with van der Waals surface area (Å²) in [6.07, 6.45) is -7.89. The van der Waals surface area contributed by atoms with Gasteiger partial charge in [-0.3, -0.25) is 4.79 Å². The summed E-state index contributed by atoms with van der Waals surface area (Å²) in [5.41, 5.74) is -1.17. The van der Waals surface area contributed by atoms with Gasteiger partial charge in [-0.25, -0.2) is 0 Å². The van der Waals surface area contributed by atoms with Gasteiger partial charge in [-0.2, -0.15) is 0 Å². The van der Waals surface area contributed by atoms with E-state index in [9.17, 15) is 50.8 Å². The molecule has 4 saturated carbocycles. The van der Waals surface area contributed by atoms with Crippen molar-refractivity contribution in [2.45, 2.75) is 180 Å². The third-order valence-electron chi connectivity index (χ3n) is 17.3. The molecule has 0 aromatic heterocycles. The van der Waals surface area contributed by atoms with Crippen LogP contribution in [-0.4, -0.2) is 139 Å². The number of carboxylic acids is 1. The van der Waals surface area contributed by atoms with Crippen molar-refractivity contribution >= 4 is 5.97 Å². The van der Waals surface area contributed by atoms with E-state index < -0.39 is 104 Å². The number of ether oxygens (including phenoxy) is 4. The predicted molar refractivity (Wildman–Crippen MR) is 199 cm³/mol. The summed E-state index contributed by atoms with van der Waals surface area (Å²) in [5.74, 6) is -0.700. The fourth-order valence-corrected chi connectivity index (χ4v) is 13.8. The second kappa shape index (κ2) is 14.4. The Kier molecular flexibility index (Phi) is 11.0. The Labute approximate surface area is 330 Å². The fourth-order valence-electron chi connectivity index (χ4n) is 13.8. The van der Waals surface area contributed by atoms with Crippen LogP contribution in [0.3, 0.4) is 0 Å². The second-order valence-electron chi connectivity index (χ2n) is 20.8. The number of carboxylic acid groups (broad SMARTS) is 1. The molecule has 320 valence electrons. The van der Waals surface area contributed by atoms with Crippen LogP contribution in [0.2, 0.25) is 0 Å². The quantitative estimate of drug-likeness (QED) is 0.132. The molecular formula is C42H68O14. The first-order valence-corrected chi connectivity index (χ1v) is 20.9. The molecule has 2 aliphatic heterocycles. The molecule has 0 aromatic rings. The molecule has 0 radical (unpaired) electrons. The van der Waals surface area contributed by atoms with Gasteiger partial charge in [-0.1, -0.05) is 60.1 Å². The van der Waals surface area contributed by atoms with Crippen molar-refractivity contribution in [2.75, 3.05) is 13.2 Å². The zero-order valence-electron chi connectivity index (χ0n) is 34.1. The smallest absolute Gasteiger partial charge is 0.312 e. The molecule has 0 aromatic carbocycles. The highest BCUT2D eigenvalue weighted by Gasteiger charge is 2.71. The van der Waals surface area contributed by atoms with E-state index in [4.69, 9.17) is 18.9 Å². The van der Waals surface area contributed by atoms with Gasteiger partial charge in [0.1, 0.15) is 54.2 Å². The van der Waals surface area contributed by atoms with E-state index in [2.05, 4.69) is 54.5 Å². The first-order valence-electron chi connectivity index (χ1n) is 20.9. The van der Waals surface area contributed by atoms with Crippen LogP contribution in [0, 0.1) is 50.2 Å². The van der Waals surface area contributed by atoms with Crippen molar-refractivity contribution in [1.82, 2.24) is 0 Å². The molecule has 0 bridgehead atoms. The largest absolute Gasteiger partial charge is 0.481 e. The van der Waals surface area contributed by atoms with Crippen LogP contribution < -0.4 is 0 Å². The lowest BCUT2D eigenvalue weighted by Gasteiger charge is -2.71. The van der Waals surface area contributed by atoms with Crippen molar-refractivity contribution in [2.24, 2.45) is 50.2 Å². The Hall–Kier alpha value is -1.27. The summed E-state index contributed by atoms with van der Waals surface area (Å²) in [6, 6.07) is 0. The molecular weight excluding hydrogens is 728 g/mol. The van der Waals surface area contributed by atoms with E-state index in [1.807, 2.05) is 0 Å². The van der Waals surface area contributed by atoms with E-state index >= 15 is 0 Å². The number of aliphatic hydroxyl groups excluding tert-OH is 8. The number of allylic oxidation sites excluding steroid dienone is 2. The summed E-state index contributed by atoms with van der Waals surface area (Å²) < 4.78 is 24.4. The summed E-state index contributed by atoms with van der Waals surface area (Å²) >= 11 is 0. The maximum Gasteiger partial charge on any atom is 0.312 e. The highest BCUT2D eigenvalue weighted by molar-refractivity contribution is 5.77. The van der Waals surface area contributed by atoms with Gasteiger partial charge in [-0.05, 0) is 103 Å². The number of rotatable bonds is 7. The zero-order chi connectivity index (χ0) is 41.1. The van der Waals surface area contributed by atoms with E-state index in [0.717, 1.165) is 38.5 Å². The van der Waals surface area contributed by atoms with Crippen molar-refractivity contribution in [3.63, 3.8) is 0 Å². The van der Waals surface area contributed by atoms with Crippen LogP contribution in [0.1, 0.15) is 106 Å². The van der Waals surface area contributed by atoms with Gasteiger partial charge in [0.25, 0.3) is 0 Å². The van der Waals surface area contributed by atoms with Gasteiger partial charge in [0.2, 0.25) is 0 Å². The molecule has 7 aliphatic rings. The molecule has 19 atom stereocenters. The first-order chi connectivity index (χ1) is 26.0. The number of hydrogen-bond acceptors (Lipinski definition) is 13. The zero-order valence-corrected chi connectivity index (χ0v) is 34.1. The molecule has 14 nitrogen and oxygen atoms in total. The molecule has 5 aliphatic carbocycles. The first kappa shape index (κ1) is 42.8. The van der Waals surface area contributed by atoms with Gasteiger partial charge >= 0.3 is 5.97 Å². The van der Waals surface area contributed by atoms with E-state index in [1.54, 1.807) is 0 Å². The minimum absolute atomic E-state index is 0.0293. The molecule has 6 fully saturated rings. The molecule has 14 heteroatoms. The lowest BCUT2D eigenvalue weighted by Crippen LogP contribution is -2.68. The maximum absolute atomic E-state index is 13.1. The predicted octanol–water partition coefficient (Wildman–Crippen LogP) is 1.85. The SMILES string of the molecule is CC1(C)CCC2(C(=O)O)C(O)CC3(C)C(=CCC4C5(C)CCC(OC6OC(CO)C(O)C(O)C6OC6OC(CO)C(O)C(O)C6O)C(C)(C)C5CCC43C)C2C1. The van der Waals surface area contributed by atoms with E-state index in [1.165, 1.54) is 5.57 Å². The fraction of sp³-hybridized carbons (Fsp3) is 0.929. The lowest BCUT2D eigenvalue weighted by atomic mass is 9.33. The van der Waals surface area contributed by atoms with E-state index in [0.29, 0.717) is 19.3 Å². The molecule has 56 heavy (non-hydrogen) atoms. The Bertz CT molecular complexity index is 1520. The number of fused-ring (bicyclic) bond motifs is 7. The van der Waals surface area contributed by atoms with Crippen molar-refractivity contribution in [1.29, 1.82) is 0 Å². The number of aliphatic hydroxyl groups is 8. The third-order valence-corrected chi connectivity index (χ3v) is 17.3. The van der Waals surface area contributed by atoms with Crippen LogP contribution in [0.15, 0.2) is 11.6 Å². The second-order valence-corrected chi connectivity index (χ2v) is 20.8. The highest BCUT2D eigenvalue weighted by atomic mass is 16.8. The normalized spacial score (nSPS) is 53.8. The maximum atomic E-state index is 13.1. The average molecular weight is 797 g/mol. The monoisotopic (exact) mass is 796 g/mol. The molecule has 0 spiro atoms. The molecule has 7 rings (SSSR count). The number of hydrogen-bond donors (Lipinski definition) is 9. The number of aliphatic carboxylic acids is 1. The summed E-state index contributed by atoms with van der Waals surface area (Å²) in [6.45, 7) is 14.5. The molecule has 19 unspecified atom stereocenters.